The number of methoxy groups -OCH3 is 1. The van der Waals surface area contributed by atoms with Crippen LogP contribution >= 0.6 is 0 Å². The highest BCUT2D eigenvalue weighted by molar-refractivity contribution is 6.05. The van der Waals surface area contributed by atoms with E-state index in [4.69, 9.17) is 9.15 Å². The molecule has 3 aromatic rings. The van der Waals surface area contributed by atoms with Crippen LogP contribution in [0.3, 0.4) is 0 Å². The van der Waals surface area contributed by atoms with Gasteiger partial charge in [-0.1, -0.05) is 24.3 Å². The van der Waals surface area contributed by atoms with Gasteiger partial charge in [0, 0.05) is 11.1 Å². The van der Waals surface area contributed by atoms with Gasteiger partial charge in [-0.15, -0.1) is 0 Å². The number of aliphatic hydroxyl groups is 1. The molecule has 0 spiro atoms. The molecular formula is C23H24N2O6. The van der Waals surface area contributed by atoms with E-state index in [1.54, 1.807) is 56.3 Å². The molecule has 2 amide bonds. The number of rotatable bonds is 7. The van der Waals surface area contributed by atoms with Crippen molar-refractivity contribution in [2.75, 3.05) is 19.0 Å². The molecule has 0 atom stereocenters. The van der Waals surface area contributed by atoms with Gasteiger partial charge >= 0.3 is 5.63 Å². The Bertz CT molecular complexity index is 1160. The number of anilines is 1. The summed E-state index contributed by atoms with van der Waals surface area (Å²) in [6.07, 6.45) is 0.133. The first kappa shape index (κ1) is 22.0. The molecule has 0 saturated heterocycles. The molecule has 0 aliphatic carbocycles. The number of hydrogen-bond donors (Lipinski definition) is 3. The normalized spacial score (nSPS) is 11.2. The number of carbonyl (C=O) groups is 2. The van der Waals surface area contributed by atoms with Crippen LogP contribution in [0, 0.1) is 0 Å². The lowest BCUT2D eigenvalue weighted by atomic mass is 10.1. The number of aliphatic hydroxyl groups excluding tert-OH is 1. The molecule has 0 saturated carbocycles. The standard InChI is InChI=1S/C23H24N2O6/c1-23(2,13-26)25-19(27)11-14-7-9-16(10-8-14)24-21(28)17-12-15-5-4-6-18(30-3)20(15)31-22(17)29/h4-10,12,26H,11,13H2,1-3H3,(H,24,28)(H,25,27). The van der Waals surface area contributed by atoms with E-state index in [9.17, 15) is 19.5 Å². The van der Waals surface area contributed by atoms with Crippen LogP contribution in [0.4, 0.5) is 5.69 Å². The highest BCUT2D eigenvalue weighted by Crippen LogP contribution is 2.24. The van der Waals surface area contributed by atoms with E-state index >= 15 is 0 Å². The summed E-state index contributed by atoms with van der Waals surface area (Å²) in [5.41, 5.74) is -0.115. The first-order chi connectivity index (χ1) is 14.7. The van der Waals surface area contributed by atoms with Crippen molar-refractivity contribution in [1.82, 2.24) is 5.32 Å². The van der Waals surface area contributed by atoms with Gasteiger partial charge in [0.1, 0.15) is 5.56 Å². The summed E-state index contributed by atoms with van der Waals surface area (Å²) in [6.45, 7) is 3.28. The lowest BCUT2D eigenvalue weighted by molar-refractivity contribution is -0.122. The van der Waals surface area contributed by atoms with E-state index in [1.165, 1.54) is 13.2 Å². The van der Waals surface area contributed by atoms with Crippen molar-refractivity contribution >= 4 is 28.5 Å². The fourth-order valence-corrected chi connectivity index (χ4v) is 2.99. The molecule has 31 heavy (non-hydrogen) atoms. The van der Waals surface area contributed by atoms with Gasteiger partial charge < -0.3 is 24.9 Å². The fraction of sp³-hybridized carbons (Fsp3) is 0.261. The zero-order valence-electron chi connectivity index (χ0n) is 17.5. The molecular weight excluding hydrogens is 400 g/mol. The predicted molar refractivity (Wildman–Crippen MR) is 116 cm³/mol. The predicted octanol–water partition coefficient (Wildman–Crippen LogP) is 2.48. The van der Waals surface area contributed by atoms with E-state index in [-0.39, 0.29) is 30.1 Å². The van der Waals surface area contributed by atoms with Crippen molar-refractivity contribution in [1.29, 1.82) is 0 Å². The summed E-state index contributed by atoms with van der Waals surface area (Å²) in [5.74, 6) is -0.419. The van der Waals surface area contributed by atoms with Crippen LogP contribution in [0.25, 0.3) is 11.0 Å². The summed E-state index contributed by atoms with van der Waals surface area (Å²) < 4.78 is 10.5. The van der Waals surface area contributed by atoms with Gasteiger partial charge in [0.15, 0.2) is 11.3 Å². The number of fused-ring (bicyclic) bond motifs is 1. The Hall–Kier alpha value is -3.65. The van der Waals surface area contributed by atoms with Crippen molar-refractivity contribution in [3.05, 3.63) is 70.1 Å². The molecule has 162 valence electrons. The maximum absolute atomic E-state index is 12.6. The lowest BCUT2D eigenvalue weighted by Crippen LogP contribution is -2.46. The maximum Gasteiger partial charge on any atom is 0.349 e. The quantitative estimate of drug-likeness (QED) is 0.502. The van der Waals surface area contributed by atoms with Gasteiger partial charge in [-0.05, 0) is 43.7 Å². The molecule has 1 heterocycles. The minimum Gasteiger partial charge on any atom is -0.493 e. The number of hydrogen-bond acceptors (Lipinski definition) is 6. The van der Waals surface area contributed by atoms with E-state index < -0.39 is 17.1 Å². The SMILES string of the molecule is COc1cccc2cc(C(=O)Nc3ccc(CC(=O)NC(C)(C)CO)cc3)c(=O)oc12. The van der Waals surface area contributed by atoms with Crippen molar-refractivity contribution in [2.24, 2.45) is 0 Å². The van der Waals surface area contributed by atoms with Crippen LogP contribution < -0.4 is 21.0 Å². The average Bonchev–Trinajstić information content (AvgIpc) is 2.73. The summed E-state index contributed by atoms with van der Waals surface area (Å²) in [6, 6.07) is 13.3. The molecule has 3 N–H and O–H groups in total. The Morgan fingerprint density at radius 1 is 1.13 bits per heavy atom. The Labute approximate surface area is 178 Å². The van der Waals surface area contributed by atoms with E-state index in [1.807, 2.05) is 0 Å². The Morgan fingerprint density at radius 3 is 2.48 bits per heavy atom. The van der Waals surface area contributed by atoms with Crippen molar-refractivity contribution in [3.63, 3.8) is 0 Å². The summed E-state index contributed by atoms with van der Waals surface area (Å²) >= 11 is 0. The Morgan fingerprint density at radius 2 is 1.84 bits per heavy atom. The van der Waals surface area contributed by atoms with Gasteiger partial charge in [-0.3, -0.25) is 9.59 Å². The number of ether oxygens (including phenoxy) is 1. The zero-order chi connectivity index (χ0) is 22.6. The van der Waals surface area contributed by atoms with Crippen LogP contribution in [0.5, 0.6) is 5.75 Å². The number of nitrogens with one attached hydrogen (secondary N) is 2. The van der Waals surface area contributed by atoms with Crippen LogP contribution in [0.15, 0.2) is 57.7 Å². The highest BCUT2D eigenvalue weighted by atomic mass is 16.5. The van der Waals surface area contributed by atoms with Gasteiger partial charge in [0.05, 0.1) is 25.7 Å². The topological polar surface area (TPSA) is 118 Å². The third-order valence-corrected chi connectivity index (χ3v) is 4.64. The van der Waals surface area contributed by atoms with Gasteiger partial charge in [0.25, 0.3) is 5.91 Å². The van der Waals surface area contributed by atoms with Gasteiger partial charge in [-0.2, -0.15) is 0 Å². The first-order valence-corrected chi connectivity index (χ1v) is 9.65. The zero-order valence-corrected chi connectivity index (χ0v) is 17.5. The monoisotopic (exact) mass is 424 g/mol. The fourth-order valence-electron chi connectivity index (χ4n) is 2.99. The van der Waals surface area contributed by atoms with Crippen LogP contribution in [0.1, 0.15) is 29.8 Å². The van der Waals surface area contributed by atoms with Crippen molar-refractivity contribution in [2.45, 2.75) is 25.8 Å². The van der Waals surface area contributed by atoms with E-state index in [0.717, 1.165) is 5.56 Å². The molecule has 0 unspecified atom stereocenters. The second-order valence-electron chi connectivity index (χ2n) is 7.74. The molecule has 0 aliphatic heterocycles. The molecule has 0 fully saturated rings. The third-order valence-electron chi connectivity index (χ3n) is 4.64. The van der Waals surface area contributed by atoms with E-state index in [0.29, 0.717) is 16.8 Å². The Kier molecular flexibility index (Phi) is 6.41. The summed E-state index contributed by atoms with van der Waals surface area (Å²) in [4.78, 5) is 37.0. The van der Waals surface area contributed by atoms with Crippen LogP contribution in [-0.4, -0.2) is 36.2 Å². The second-order valence-corrected chi connectivity index (χ2v) is 7.74. The first-order valence-electron chi connectivity index (χ1n) is 9.65. The number of carbonyl (C=O) groups excluding carboxylic acids is 2. The molecule has 0 aliphatic rings. The average molecular weight is 424 g/mol. The summed E-state index contributed by atoms with van der Waals surface area (Å²) in [5, 5.41) is 15.2. The lowest BCUT2D eigenvalue weighted by Gasteiger charge is -2.23. The molecule has 1 aromatic heterocycles. The summed E-state index contributed by atoms with van der Waals surface area (Å²) in [7, 11) is 1.47. The van der Waals surface area contributed by atoms with Crippen molar-refractivity contribution in [3.8, 4) is 5.75 Å². The van der Waals surface area contributed by atoms with Crippen LogP contribution in [0.2, 0.25) is 0 Å². The molecule has 0 radical (unpaired) electrons. The molecule has 2 aromatic carbocycles. The van der Waals surface area contributed by atoms with E-state index in [2.05, 4.69) is 10.6 Å². The second kappa shape index (κ2) is 9.01. The Balaban J connectivity index is 1.72. The maximum atomic E-state index is 12.6. The highest BCUT2D eigenvalue weighted by Gasteiger charge is 2.19. The van der Waals surface area contributed by atoms with Crippen LogP contribution in [-0.2, 0) is 11.2 Å². The number of para-hydroxylation sites is 1. The smallest absolute Gasteiger partial charge is 0.349 e. The molecule has 8 nitrogen and oxygen atoms in total. The minimum atomic E-state index is -0.769. The third kappa shape index (κ3) is 5.29. The van der Waals surface area contributed by atoms with Crippen molar-refractivity contribution < 1.29 is 23.8 Å². The largest absolute Gasteiger partial charge is 0.493 e. The van der Waals surface area contributed by atoms with Gasteiger partial charge in [-0.25, -0.2) is 4.79 Å². The molecule has 3 rings (SSSR count). The number of benzene rings is 2. The van der Waals surface area contributed by atoms with Gasteiger partial charge in [0.2, 0.25) is 5.91 Å². The molecule has 8 heteroatoms. The number of amides is 2. The molecule has 0 bridgehead atoms. The minimum absolute atomic E-state index is 0.129.